The van der Waals surface area contributed by atoms with Gasteiger partial charge in [0.2, 0.25) is 0 Å². The molecule has 0 saturated heterocycles. The molecule has 0 radical (unpaired) electrons. The lowest BCUT2D eigenvalue weighted by Crippen LogP contribution is -2.43. The number of hydrogen-bond donors (Lipinski definition) is 0. The third-order valence-electron chi connectivity index (χ3n) is 4.76. The Morgan fingerprint density at radius 2 is 0.971 bits per heavy atom. The minimum atomic E-state index is -1.18. The maximum atomic E-state index is 11.9. The maximum Gasteiger partial charge on any atom is 0.180 e. The first-order valence-electron chi connectivity index (χ1n) is 10.8. The van der Waals surface area contributed by atoms with E-state index >= 15 is 0 Å². The van der Waals surface area contributed by atoms with Gasteiger partial charge in [0.15, 0.2) is 18.5 Å². The van der Waals surface area contributed by atoms with Crippen LogP contribution in [-0.2, 0) is 53.9 Å². The third-order valence-corrected chi connectivity index (χ3v) is 4.76. The number of benzene rings is 3. The molecule has 0 N–H and O–H groups in total. The second kappa shape index (κ2) is 14.9. The molecule has 3 aromatic carbocycles. The quantitative estimate of drug-likeness (QED) is 0.129. The number of hydrogen-bond acceptors (Lipinski definition) is 7. The molecule has 0 amide bonds. The molecule has 0 unspecified atom stereocenters. The van der Waals surface area contributed by atoms with E-state index in [1.165, 1.54) is 6.08 Å². The molecule has 0 aromatic heterocycles. The van der Waals surface area contributed by atoms with Gasteiger partial charge < -0.3 is 4.79 Å². The molecule has 0 aliphatic rings. The highest BCUT2D eigenvalue weighted by Gasteiger charge is 2.34. The summed E-state index contributed by atoms with van der Waals surface area (Å²) in [5.74, 6) is 0. The largest absolute Gasteiger partial charge is 0.300 e. The van der Waals surface area contributed by atoms with Crippen LogP contribution in [0.4, 0.5) is 0 Å². The lowest BCUT2D eigenvalue weighted by molar-refractivity contribution is -0.422. The van der Waals surface area contributed by atoms with Crippen molar-refractivity contribution in [3.63, 3.8) is 0 Å². The Morgan fingerprint density at radius 1 is 0.588 bits per heavy atom. The van der Waals surface area contributed by atoms with Crippen molar-refractivity contribution in [2.45, 2.75) is 38.1 Å². The van der Waals surface area contributed by atoms with Gasteiger partial charge in [0, 0.05) is 0 Å². The fourth-order valence-corrected chi connectivity index (χ4v) is 2.94. The summed E-state index contributed by atoms with van der Waals surface area (Å²) in [4.78, 5) is 44.3. The van der Waals surface area contributed by atoms with Crippen LogP contribution < -0.4 is 0 Å². The first-order valence-corrected chi connectivity index (χ1v) is 10.8. The average Bonchev–Trinajstić information content (AvgIpc) is 2.90. The molecule has 0 fully saturated rings. The van der Waals surface area contributed by atoms with Crippen molar-refractivity contribution in [1.82, 2.24) is 0 Å². The number of aldehydes is 1. The lowest BCUT2D eigenvalue weighted by Gasteiger charge is -2.26. The topological polar surface area (TPSA) is 72.5 Å². The highest BCUT2D eigenvalue weighted by molar-refractivity contribution is 5.57. The first kappa shape index (κ1) is 25.5. The fourth-order valence-electron chi connectivity index (χ4n) is 2.94. The summed E-state index contributed by atoms with van der Waals surface area (Å²) in [6, 6.07) is 28.4. The highest BCUT2D eigenvalue weighted by atomic mass is 17.2. The molecule has 34 heavy (non-hydrogen) atoms. The molecule has 0 heterocycles. The molecule has 0 bridgehead atoms. The number of rotatable bonds is 16. The highest BCUT2D eigenvalue weighted by Crippen LogP contribution is 2.17. The van der Waals surface area contributed by atoms with Crippen LogP contribution in [-0.4, -0.2) is 24.6 Å². The Labute approximate surface area is 199 Å². The summed E-state index contributed by atoms with van der Waals surface area (Å²) < 4.78 is 0. The monoisotopic (exact) mass is 464 g/mol. The van der Waals surface area contributed by atoms with E-state index in [1.807, 2.05) is 91.0 Å². The Balaban J connectivity index is 1.61. The molecular formula is C27H28O7. The van der Waals surface area contributed by atoms with Gasteiger partial charge in [0.05, 0.1) is 0 Å². The van der Waals surface area contributed by atoms with Gasteiger partial charge in [-0.05, 0) is 16.7 Å². The van der Waals surface area contributed by atoms with E-state index in [-0.39, 0.29) is 19.8 Å². The van der Waals surface area contributed by atoms with Crippen LogP contribution in [0.15, 0.2) is 104 Å². The molecule has 178 valence electrons. The SMILES string of the molecule is C=C[C@@H](OOCc1ccccc1)[C@H](OOCc1ccccc1)[C@@H](C=O)OOCc1ccccc1. The summed E-state index contributed by atoms with van der Waals surface area (Å²) in [7, 11) is 0. The van der Waals surface area contributed by atoms with Crippen molar-refractivity contribution < 1.29 is 34.1 Å². The molecule has 0 aliphatic heterocycles. The minimum absolute atomic E-state index is 0.146. The van der Waals surface area contributed by atoms with E-state index < -0.39 is 18.3 Å². The van der Waals surface area contributed by atoms with Crippen molar-refractivity contribution >= 4 is 6.29 Å². The fraction of sp³-hybridized carbons (Fsp3) is 0.222. The first-order chi connectivity index (χ1) is 16.8. The van der Waals surface area contributed by atoms with Crippen molar-refractivity contribution in [2.75, 3.05) is 0 Å². The van der Waals surface area contributed by atoms with E-state index in [0.29, 0.717) is 6.29 Å². The molecular weight excluding hydrogens is 436 g/mol. The van der Waals surface area contributed by atoms with Crippen LogP contribution in [0.2, 0.25) is 0 Å². The van der Waals surface area contributed by atoms with Crippen molar-refractivity contribution in [2.24, 2.45) is 0 Å². The minimum Gasteiger partial charge on any atom is -0.300 e. The number of carbonyl (C=O) groups is 1. The molecule has 3 aromatic rings. The zero-order chi connectivity index (χ0) is 23.8. The van der Waals surface area contributed by atoms with Crippen molar-refractivity contribution in [3.8, 4) is 0 Å². The molecule has 0 saturated carbocycles. The van der Waals surface area contributed by atoms with Gasteiger partial charge in [-0.15, -0.1) is 6.58 Å². The van der Waals surface area contributed by atoms with E-state index in [1.54, 1.807) is 0 Å². The van der Waals surface area contributed by atoms with Gasteiger partial charge in [-0.1, -0.05) is 97.1 Å². The molecule has 0 spiro atoms. The average molecular weight is 465 g/mol. The molecule has 7 heteroatoms. The van der Waals surface area contributed by atoms with E-state index in [4.69, 9.17) is 29.3 Å². The van der Waals surface area contributed by atoms with Crippen LogP contribution in [0.3, 0.4) is 0 Å². The summed E-state index contributed by atoms with van der Waals surface area (Å²) >= 11 is 0. The Hall–Kier alpha value is -3.17. The zero-order valence-electron chi connectivity index (χ0n) is 18.7. The Morgan fingerprint density at radius 3 is 1.35 bits per heavy atom. The van der Waals surface area contributed by atoms with Crippen molar-refractivity contribution in [3.05, 3.63) is 120 Å². The Bertz CT molecular complexity index is 893. The zero-order valence-corrected chi connectivity index (χ0v) is 18.7. The predicted molar refractivity (Wildman–Crippen MR) is 125 cm³/mol. The van der Waals surface area contributed by atoms with Gasteiger partial charge in [-0.2, -0.15) is 0 Å². The van der Waals surface area contributed by atoms with Crippen LogP contribution in [0.25, 0.3) is 0 Å². The van der Waals surface area contributed by atoms with Gasteiger partial charge in [-0.25, -0.2) is 29.3 Å². The lowest BCUT2D eigenvalue weighted by atomic mass is 10.1. The van der Waals surface area contributed by atoms with Crippen LogP contribution in [0.1, 0.15) is 16.7 Å². The summed E-state index contributed by atoms with van der Waals surface area (Å²) in [6.45, 7) is 4.26. The second-order valence-electron chi connectivity index (χ2n) is 7.30. The van der Waals surface area contributed by atoms with Crippen LogP contribution in [0, 0.1) is 0 Å². The van der Waals surface area contributed by atoms with E-state index in [9.17, 15) is 4.79 Å². The third kappa shape index (κ3) is 8.64. The van der Waals surface area contributed by atoms with E-state index in [2.05, 4.69) is 6.58 Å². The molecule has 3 atom stereocenters. The maximum absolute atomic E-state index is 11.9. The van der Waals surface area contributed by atoms with Crippen LogP contribution >= 0.6 is 0 Å². The van der Waals surface area contributed by atoms with Gasteiger partial charge in [-0.3, -0.25) is 0 Å². The Kier molecular flexibility index (Phi) is 11.1. The standard InChI is InChI=1S/C27H28O7/c1-2-25(32-29-19-22-12-6-3-7-13-22)27(34-31-21-24-16-10-5-11-17-24)26(18-28)33-30-20-23-14-8-4-9-15-23/h2-18,25-27H,1,19-21H2/t25-,26-,27+/m1/s1. The molecule has 3 rings (SSSR count). The summed E-state index contributed by atoms with van der Waals surface area (Å²) in [5, 5.41) is 0. The van der Waals surface area contributed by atoms with Crippen molar-refractivity contribution in [1.29, 1.82) is 0 Å². The summed E-state index contributed by atoms with van der Waals surface area (Å²) in [5.41, 5.74) is 2.69. The smallest absolute Gasteiger partial charge is 0.180 e. The van der Waals surface area contributed by atoms with Crippen LogP contribution in [0.5, 0.6) is 0 Å². The van der Waals surface area contributed by atoms with Gasteiger partial charge >= 0.3 is 0 Å². The van der Waals surface area contributed by atoms with E-state index in [0.717, 1.165) is 16.7 Å². The molecule has 7 nitrogen and oxygen atoms in total. The number of carbonyl (C=O) groups excluding carboxylic acids is 1. The predicted octanol–water partition coefficient (Wildman–Crippen LogP) is 4.92. The normalized spacial score (nSPS) is 13.6. The second-order valence-corrected chi connectivity index (χ2v) is 7.30. The summed E-state index contributed by atoms with van der Waals surface area (Å²) in [6.07, 6.45) is -1.12. The van der Waals surface area contributed by atoms with Gasteiger partial charge in [0.25, 0.3) is 0 Å². The van der Waals surface area contributed by atoms with Gasteiger partial charge in [0.1, 0.15) is 25.9 Å². The molecule has 0 aliphatic carbocycles.